The number of aliphatic hydroxyl groups excluding tert-OH is 1. The zero-order valence-corrected chi connectivity index (χ0v) is 14.1. The molecule has 1 rings (SSSR count). The standard InChI is InChI=1S/C17H31NO3/c1-13(2)15(20)8-11-17(4,21-5)14-6-9-16(3,10-7-14)18-12-19/h8,11-15,20H,6-7,9-10H2,1-5H3,(H,18,19)/b11-8+. The van der Waals surface area contributed by atoms with Gasteiger partial charge in [0.2, 0.25) is 6.41 Å². The van der Waals surface area contributed by atoms with E-state index in [4.69, 9.17) is 4.74 Å². The average molecular weight is 297 g/mol. The molecule has 1 aliphatic carbocycles. The molecule has 122 valence electrons. The van der Waals surface area contributed by atoms with Crippen LogP contribution in [0, 0.1) is 11.8 Å². The van der Waals surface area contributed by atoms with Crippen LogP contribution in [0.5, 0.6) is 0 Å². The zero-order chi connectivity index (χ0) is 16.1. The SMILES string of the molecule is COC(C)(/C=C/C(O)C(C)C)C1CCC(C)(NC=O)CC1. The van der Waals surface area contributed by atoms with Crippen LogP contribution in [0.2, 0.25) is 0 Å². The van der Waals surface area contributed by atoms with E-state index in [0.29, 0.717) is 5.92 Å². The third-order valence-electron chi connectivity index (χ3n) is 5.05. The van der Waals surface area contributed by atoms with Crippen molar-refractivity contribution in [3.8, 4) is 0 Å². The molecule has 2 N–H and O–H groups in total. The molecule has 1 amide bonds. The van der Waals surface area contributed by atoms with Crippen molar-refractivity contribution < 1.29 is 14.6 Å². The Labute approximate surface area is 129 Å². The van der Waals surface area contributed by atoms with Crippen LogP contribution in [0.4, 0.5) is 0 Å². The monoisotopic (exact) mass is 297 g/mol. The van der Waals surface area contributed by atoms with Crippen LogP contribution >= 0.6 is 0 Å². The molecule has 1 saturated carbocycles. The summed E-state index contributed by atoms with van der Waals surface area (Å²) in [5.74, 6) is 0.605. The second-order valence-corrected chi connectivity index (χ2v) is 7.08. The highest BCUT2D eigenvalue weighted by atomic mass is 16.5. The first kappa shape index (κ1) is 18.2. The fourth-order valence-electron chi connectivity index (χ4n) is 3.00. The predicted octanol–water partition coefficient (Wildman–Crippen LogP) is 2.66. The van der Waals surface area contributed by atoms with E-state index in [1.54, 1.807) is 7.11 Å². The summed E-state index contributed by atoms with van der Waals surface area (Å²) in [6.45, 7) is 8.17. The van der Waals surface area contributed by atoms with Crippen molar-refractivity contribution in [1.82, 2.24) is 5.32 Å². The fraction of sp³-hybridized carbons (Fsp3) is 0.824. The summed E-state index contributed by atoms with van der Waals surface area (Å²) < 4.78 is 5.75. The molecule has 4 nitrogen and oxygen atoms in total. The van der Waals surface area contributed by atoms with Gasteiger partial charge in [0.15, 0.2) is 0 Å². The van der Waals surface area contributed by atoms with E-state index in [-0.39, 0.29) is 17.1 Å². The third kappa shape index (κ3) is 4.82. The number of hydrogen-bond donors (Lipinski definition) is 2. The van der Waals surface area contributed by atoms with Gasteiger partial charge in [-0.05, 0) is 51.4 Å². The van der Waals surface area contributed by atoms with Gasteiger partial charge in [-0.2, -0.15) is 0 Å². The average Bonchev–Trinajstić information content (AvgIpc) is 2.45. The van der Waals surface area contributed by atoms with Gasteiger partial charge >= 0.3 is 0 Å². The maximum atomic E-state index is 10.7. The Morgan fingerprint density at radius 3 is 2.38 bits per heavy atom. The first-order chi connectivity index (χ1) is 9.76. The topological polar surface area (TPSA) is 58.6 Å². The Morgan fingerprint density at radius 1 is 1.38 bits per heavy atom. The number of rotatable bonds is 7. The summed E-state index contributed by atoms with van der Waals surface area (Å²) in [6.07, 6.45) is 8.14. The lowest BCUT2D eigenvalue weighted by Crippen LogP contribution is -2.48. The minimum absolute atomic E-state index is 0.0892. The highest BCUT2D eigenvalue weighted by Crippen LogP contribution is 2.39. The molecule has 0 saturated heterocycles. The minimum atomic E-state index is -0.440. The lowest BCUT2D eigenvalue weighted by Gasteiger charge is -2.43. The Kier molecular flexibility index (Phi) is 6.41. The van der Waals surface area contributed by atoms with Gasteiger partial charge in [0.25, 0.3) is 0 Å². The maximum absolute atomic E-state index is 10.7. The molecule has 0 heterocycles. The normalized spacial score (nSPS) is 31.1. The lowest BCUT2D eigenvalue weighted by atomic mass is 9.71. The van der Waals surface area contributed by atoms with Crippen molar-refractivity contribution >= 4 is 6.41 Å². The number of hydrogen-bond acceptors (Lipinski definition) is 3. The molecule has 21 heavy (non-hydrogen) atoms. The predicted molar refractivity (Wildman–Crippen MR) is 85.0 cm³/mol. The minimum Gasteiger partial charge on any atom is -0.389 e. The fourth-order valence-corrected chi connectivity index (χ4v) is 3.00. The summed E-state index contributed by atoms with van der Waals surface area (Å²) in [5, 5.41) is 12.9. The molecule has 4 heteroatoms. The summed E-state index contributed by atoms with van der Waals surface area (Å²) in [6, 6.07) is 0. The van der Waals surface area contributed by atoms with Crippen molar-refractivity contribution in [2.45, 2.75) is 70.6 Å². The van der Waals surface area contributed by atoms with Crippen LogP contribution in [0.25, 0.3) is 0 Å². The number of carbonyl (C=O) groups excluding carboxylic acids is 1. The van der Waals surface area contributed by atoms with Crippen LogP contribution in [-0.2, 0) is 9.53 Å². The van der Waals surface area contributed by atoms with E-state index >= 15 is 0 Å². The van der Waals surface area contributed by atoms with E-state index in [1.807, 2.05) is 26.0 Å². The van der Waals surface area contributed by atoms with E-state index in [0.717, 1.165) is 32.1 Å². The summed E-state index contributed by atoms with van der Waals surface area (Å²) in [7, 11) is 1.73. The molecule has 0 aliphatic heterocycles. The molecular weight excluding hydrogens is 266 g/mol. The largest absolute Gasteiger partial charge is 0.389 e. The summed E-state index contributed by atoms with van der Waals surface area (Å²) in [4.78, 5) is 10.7. The number of carbonyl (C=O) groups is 1. The molecule has 0 aromatic heterocycles. The van der Waals surface area contributed by atoms with Crippen molar-refractivity contribution in [3.63, 3.8) is 0 Å². The molecule has 2 unspecified atom stereocenters. The van der Waals surface area contributed by atoms with Gasteiger partial charge < -0.3 is 15.2 Å². The van der Waals surface area contributed by atoms with Crippen molar-refractivity contribution in [2.24, 2.45) is 11.8 Å². The lowest BCUT2D eigenvalue weighted by molar-refractivity contribution is -0.111. The van der Waals surface area contributed by atoms with Crippen molar-refractivity contribution in [3.05, 3.63) is 12.2 Å². The smallest absolute Gasteiger partial charge is 0.207 e. The molecule has 1 fully saturated rings. The van der Waals surface area contributed by atoms with Gasteiger partial charge in [0.05, 0.1) is 11.7 Å². The molecule has 1 aliphatic rings. The van der Waals surface area contributed by atoms with Gasteiger partial charge in [0, 0.05) is 12.6 Å². The quantitative estimate of drug-likeness (QED) is 0.561. The molecule has 0 aromatic carbocycles. The van der Waals surface area contributed by atoms with Gasteiger partial charge in [-0.15, -0.1) is 0 Å². The first-order valence-corrected chi connectivity index (χ1v) is 7.90. The Morgan fingerprint density at radius 2 is 1.95 bits per heavy atom. The number of ether oxygens (including phenoxy) is 1. The van der Waals surface area contributed by atoms with E-state index in [1.165, 1.54) is 0 Å². The molecule has 2 atom stereocenters. The molecule has 0 aromatic rings. The van der Waals surface area contributed by atoms with E-state index in [9.17, 15) is 9.90 Å². The Hall–Kier alpha value is -0.870. The number of methoxy groups -OCH3 is 1. The van der Waals surface area contributed by atoms with E-state index in [2.05, 4.69) is 19.2 Å². The summed E-state index contributed by atoms with van der Waals surface area (Å²) in [5.41, 5.74) is -0.452. The number of aliphatic hydroxyl groups is 1. The molecule has 0 bridgehead atoms. The van der Waals surface area contributed by atoms with Crippen molar-refractivity contribution in [1.29, 1.82) is 0 Å². The molecular formula is C17H31NO3. The number of nitrogens with one attached hydrogen (secondary N) is 1. The van der Waals surface area contributed by atoms with E-state index < -0.39 is 6.10 Å². The Balaban J connectivity index is 2.71. The van der Waals surface area contributed by atoms with Gasteiger partial charge in [-0.1, -0.05) is 26.0 Å². The Bertz CT molecular complexity index is 359. The van der Waals surface area contributed by atoms with Crippen LogP contribution < -0.4 is 5.32 Å². The van der Waals surface area contributed by atoms with Gasteiger partial charge in [0.1, 0.15) is 0 Å². The van der Waals surface area contributed by atoms with Gasteiger partial charge in [-0.25, -0.2) is 0 Å². The van der Waals surface area contributed by atoms with Gasteiger partial charge in [-0.3, -0.25) is 4.79 Å². The van der Waals surface area contributed by atoms with Crippen molar-refractivity contribution in [2.75, 3.05) is 7.11 Å². The second-order valence-electron chi connectivity index (χ2n) is 7.08. The van der Waals surface area contributed by atoms with Crippen LogP contribution in [-0.4, -0.2) is 35.9 Å². The first-order valence-electron chi connectivity index (χ1n) is 7.90. The highest BCUT2D eigenvalue weighted by Gasteiger charge is 2.39. The molecule has 0 radical (unpaired) electrons. The van der Waals surface area contributed by atoms with Crippen LogP contribution in [0.1, 0.15) is 53.4 Å². The molecule has 0 spiro atoms. The summed E-state index contributed by atoms with van der Waals surface area (Å²) >= 11 is 0. The highest BCUT2D eigenvalue weighted by molar-refractivity contribution is 5.47. The van der Waals surface area contributed by atoms with Crippen LogP contribution in [0.15, 0.2) is 12.2 Å². The zero-order valence-electron chi connectivity index (χ0n) is 14.1. The number of amides is 1. The third-order valence-corrected chi connectivity index (χ3v) is 5.05. The van der Waals surface area contributed by atoms with Crippen LogP contribution in [0.3, 0.4) is 0 Å². The maximum Gasteiger partial charge on any atom is 0.207 e. The second kappa shape index (κ2) is 7.41.